The molecule has 0 aliphatic carbocycles. The van der Waals surface area contributed by atoms with E-state index in [-0.39, 0.29) is 5.91 Å². The van der Waals surface area contributed by atoms with Gasteiger partial charge in [-0.05, 0) is 57.2 Å². The largest absolute Gasteiger partial charge is 0.451 e. The van der Waals surface area contributed by atoms with Gasteiger partial charge in [0.1, 0.15) is 17.5 Å². The maximum atomic E-state index is 13.5. The smallest absolute Gasteiger partial charge is 0.345 e. The van der Waals surface area contributed by atoms with Crippen LogP contribution in [0.3, 0.4) is 0 Å². The lowest BCUT2D eigenvalue weighted by atomic mass is 9.90. The van der Waals surface area contributed by atoms with Gasteiger partial charge >= 0.3 is 12.6 Å². The van der Waals surface area contributed by atoms with Crippen LogP contribution in [0.1, 0.15) is 64.8 Å². The molecule has 5 atom stereocenters. The van der Waals surface area contributed by atoms with E-state index in [1.165, 1.54) is 24.9 Å². The van der Waals surface area contributed by atoms with Crippen LogP contribution in [-0.4, -0.2) is 71.6 Å². The summed E-state index contributed by atoms with van der Waals surface area (Å²) in [5, 5.41) is 7.69. The zero-order valence-electron chi connectivity index (χ0n) is 25.4. The fourth-order valence-electron chi connectivity index (χ4n) is 5.04. The minimum Gasteiger partial charge on any atom is -0.451 e. The molecule has 3 amide bonds. The Balaban J connectivity index is 1.75. The Morgan fingerprint density at radius 2 is 1.77 bits per heavy atom. The maximum Gasteiger partial charge on any atom is 0.345 e. The Labute approximate surface area is 254 Å². The molecule has 1 fully saturated rings. The number of halogens is 2. The van der Waals surface area contributed by atoms with Gasteiger partial charge in [-0.3, -0.25) is 29.2 Å². The second-order valence-electron chi connectivity index (χ2n) is 11.9. The van der Waals surface area contributed by atoms with Crippen LogP contribution in [0.2, 0.25) is 0 Å². The molecule has 0 radical (unpaired) electrons. The molecular formula is C31H39F2N5O6. The molecule has 4 rings (SSSR count). The van der Waals surface area contributed by atoms with Crippen molar-refractivity contribution in [3.05, 3.63) is 47.7 Å². The van der Waals surface area contributed by atoms with E-state index in [4.69, 9.17) is 9.72 Å². The molecule has 2 aliphatic heterocycles. The quantitative estimate of drug-likeness (QED) is 0.446. The molecule has 11 nitrogen and oxygen atoms in total. The average molecular weight is 616 g/mol. The number of aromatic nitrogens is 1. The van der Waals surface area contributed by atoms with Crippen molar-refractivity contribution in [2.75, 3.05) is 13.2 Å². The number of nitrogens with zero attached hydrogens (tertiary/aromatic N) is 2. The van der Waals surface area contributed by atoms with Crippen molar-refractivity contribution in [1.82, 2.24) is 26.1 Å². The standard InChI is InChI=1S/C31H39F2N5O6/c1-17(2)25-27(40)35-19(4)28(41)38-14-6-7-23(37-38)26(39)34-18(3)22-11-10-21-9-8-20(15-24(21)36-22)12-13-31(5,29(42)44-25)16-43-30(32)33/h8-13,15,17-19,23,25,30,37H,6-7,14,16H2,1-5H3,(H,34,39)(H,35,40)/t18-,19+,23+,25?,31-/m1/s1. The van der Waals surface area contributed by atoms with Crippen molar-refractivity contribution in [2.24, 2.45) is 11.3 Å². The van der Waals surface area contributed by atoms with Crippen LogP contribution in [0.5, 0.6) is 0 Å². The van der Waals surface area contributed by atoms with Crippen molar-refractivity contribution in [1.29, 1.82) is 0 Å². The van der Waals surface area contributed by atoms with Gasteiger partial charge in [0, 0.05) is 11.9 Å². The van der Waals surface area contributed by atoms with Gasteiger partial charge in [0.15, 0.2) is 6.10 Å². The third kappa shape index (κ3) is 7.75. The topological polar surface area (TPSA) is 139 Å². The zero-order chi connectivity index (χ0) is 32.2. The molecule has 44 heavy (non-hydrogen) atoms. The zero-order valence-corrected chi connectivity index (χ0v) is 25.4. The SMILES string of the molecule is CC(C)C1OC(=O)[C@@](C)(COC(F)F)C=Cc2ccc3ccc(nc3c2)[C@@H](C)NC(=O)[C@@H]2CCCN(N2)C(=O)[C@H](C)NC1=O. The number of hydrogen-bond acceptors (Lipinski definition) is 8. The third-order valence-corrected chi connectivity index (χ3v) is 7.76. The lowest BCUT2D eigenvalue weighted by Gasteiger charge is -2.35. The van der Waals surface area contributed by atoms with Gasteiger partial charge in [0.05, 0.1) is 23.9 Å². The number of cyclic esters (lactones) is 1. The first-order valence-electron chi connectivity index (χ1n) is 14.7. The van der Waals surface area contributed by atoms with Crippen molar-refractivity contribution in [2.45, 2.75) is 78.3 Å². The number of carbonyl (C=O) groups is 4. The summed E-state index contributed by atoms with van der Waals surface area (Å²) in [5.74, 6) is -2.97. The molecule has 238 valence electrons. The number of hydrazine groups is 1. The first-order valence-corrected chi connectivity index (χ1v) is 14.7. The van der Waals surface area contributed by atoms with E-state index < -0.39 is 66.6 Å². The Bertz CT molecular complexity index is 1440. The summed E-state index contributed by atoms with van der Waals surface area (Å²) in [6.45, 7) is 4.46. The monoisotopic (exact) mass is 615 g/mol. The lowest BCUT2D eigenvalue weighted by molar-refractivity contribution is -0.179. The Kier molecular flexibility index (Phi) is 10.3. The fourth-order valence-corrected chi connectivity index (χ4v) is 5.04. The minimum absolute atomic E-state index is 0.298. The van der Waals surface area contributed by atoms with Gasteiger partial charge in [0.25, 0.3) is 11.8 Å². The maximum absolute atomic E-state index is 13.5. The van der Waals surface area contributed by atoms with Crippen LogP contribution >= 0.6 is 0 Å². The number of rotatable bonds is 4. The van der Waals surface area contributed by atoms with E-state index >= 15 is 0 Å². The number of alkyl halides is 2. The van der Waals surface area contributed by atoms with Crippen LogP contribution in [-0.2, 0) is 28.7 Å². The Morgan fingerprint density at radius 3 is 2.48 bits per heavy atom. The molecule has 0 saturated carbocycles. The molecule has 5 bridgehead atoms. The third-order valence-electron chi connectivity index (χ3n) is 7.76. The fraction of sp³-hybridized carbons (Fsp3) is 0.516. The summed E-state index contributed by atoms with van der Waals surface area (Å²) in [7, 11) is 0. The predicted octanol–water partition coefficient (Wildman–Crippen LogP) is 3.25. The van der Waals surface area contributed by atoms with Gasteiger partial charge in [-0.25, -0.2) is 5.43 Å². The second-order valence-corrected chi connectivity index (χ2v) is 11.9. The summed E-state index contributed by atoms with van der Waals surface area (Å²) in [6.07, 6.45) is 2.70. The van der Waals surface area contributed by atoms with Crippen molar-refractivity contribution in [3.63, 3.8) is 0 Å². The minimum atomic E-state index is -3.14. The number of esters is 1. The van der Waals surface area contributed by atoms with E-state index in [0.717, 1.165) is 5.39 Å². The highest BCUT2D eigenvalue weighted by molar-refractivity contribution is 5.91. The highest BCUT2D eigenvalue weighted by atomic mass is 19.3. The summed E-state index contributed by atoms with van der Waals surface area (Å²) in [6, 6.07) is 6.90. The summed E-state index contributed by atoms with van der Waals surface area (Å²) >= 11 is 0. The van der Waals surface area contributed by atoms with E-state index in [2.05, 4.69) is 20.8 Å². The van der Waals surface area contributed by atoms with E-state index in [0.29, 0.717) is 36.2 Å². The van der Waals surface area contributed by atoms with Gasteiger partial charge in [-0.2, -0.15) is 8.78 Å². The number of hydrogen-bond donors (Lipinski definition) is 3. The molecule has 2 aromatic rings. The first-order chi connectivity index (χ1) is 20.8. The molecule has 0 spiro atoms. The second kappa shape index (κ2) is 13.8. The van der Waals surface area contributed by atoms with Crippen molar-refractivity contribution >= 4 is 40.7 Å². The first kappa shape index (κ1) is 32.9. The van der Waals surface area contributed by atoms with Crippen molar-refractivity contribution < 1.29 is 37.4 Å². The van der Waals surface area contributed by atoms with Crippen LogP contribution in [0.4, 0.5) is 8.78 Å². The Morgan fingerprint density at radius 1 is 1.07 bits per heavy atom. The van der Waals surface area contributed by atoms with E-state index in [1.807, 2.05) is 18.2 Å². The molecule has 1 saturated heterocycles. The summed E-state index contributed by atoms with van der Waals surface area (Å²) in [5.41, 5.74) is 3.12. The van der Waals surface area contributed by atoms with Crippen LogP contribution < -0.4 is 16.1 Å². The number of amides is 3. The number of ether oxygens (including phenoxy) is 2. The number of pyridine rings is 1. The average Bonchev–Trinajstić information content (AvgIpc) is 2.99. The number of carbonyl (C=O) groups excluding carboxylic acids is 4. The van der Waals surface area contributed by atoms with Gasteiger partial charge < -0.3 is 20.1 Å². The molecule has 13 heteroatoms. The van der Waals surface area contributed by atoms with Crippen LogP contribution in [0.25, 0.3) is 17.0 Å². The summed E-state index contributed by atoms with van der Waals surface area (Å²) in [4.78, 5) is 57.9. The Hall–Kier alpha value is -3.97. The van der Waals surface area contributed by atoms with Crippen LogP contribution in [0.15, 0.2) is 36.4 Å². The number of benzene rings is 1. The highest BCUT2D eigenvalue weighted by Gasteiger charge is 2.39. The molecule has 1 unspecified atom stereocenters. The summed E-state index contributed by atoms with van der Waals surface area (Å²) < 4.78 is 36.3. The van der Waals surface area contributed by atoms with Gasteiger partial charge in [0.2, 0.25) is 5.91 Å². The van der Waals surface area contributed by atoms with Crippen molar-refractivity contribution in [3.8, 4) is 0 Å². The normalized spacial score (nSPS) is 27.4. The van der Waals surface area contributed by atoms with Crippen LogP contribution in [0, 0.1) is 11.3 Å². The molecular weight excluding hydrogens is 576 g/mol. The number of fused-ring (bicyclic) bond motifs is 4. The molecule has 2 aliphatic rings. The van der Waals surface area contributed by atoms with E-state index in [1.54, 1.807) is 39.0 Å². The predicted molar refractivity (Wildman–Crippen MR) is 158 cm³/mol. The lowest BCUT2D eigenvalue weighted by Crippen LogP contribution is -2.61. The van der Waals surface area contributed by atoms with Gasteiger partial charge in [-0.1, -0.05) is 44.2 Å². The molecule has 3 heterocycles. The molecule has 1 aromatic carbocycles. The van der Waals surface area contributed by atoms with Gasteiger partial charge in [-0.15, -0.1) is 0 Å². The molecule has 3 N–H and O–H groups in total. The number of nitrogens with one attached hydrogen (secondary N) is 3. The molecule has 1 aromatic heterocycles. The van der Waals surface area contributed by atoms with E-state index in [9.17, 15) is 28.0 Å². The highest BCUT2D eigenvalue weighted by Crippen LogP contribution is 2.27.